The first-order valence-corrected chi connectivity index (χ1v) is 7.54. The van der Waals surface area contributed by atoms with Gasteiger partial charge in [0.25, 0.3) is 5.91 Å². The minimum absolute atomic E-state index is 0.0796. The van der Waals surface area contributed by atoms with Gasteiger partial charge in [-0.1, -0.05) is 29.8 Å². The predicted molar refractivity (Wildman–Crippen MR) is 91.0 cm³/mol. The van der Waals surface area contributed by atoms with Gasteiger partial charge in [0, 0.05) is 18.6 Å². The zero-order valence-electron chi connectivity index (χ0n) is 12.8. The SMILES string of the molecule is CNC(=O)Cn1cc(NC(=O)c2ccc3cccc(Cl)c3n2)cn1. The second-order valence-electron chi connectivity index (χ2n) is 5.06. The van der Waals surface area contributed by atoms with Crippen molar-refractivity contribution in [2.24, 2.45) is 0 Å². The fraction of sp³-hybridized carbons (Fsp3) is 0.125. The van der Waals surface area contributed by atoms with Crippen molar-refractivity contribution in [1.29, 1.82) is 0 Å². The van der Waals surface area contributed by atoms with Gasteiger partial charge in [0.1, 0.15) is 12.2 Å². The summed E-state index contributed by atoms with van der Waals surface area (Å²) < 4.78 is 1.43. The highest BCUT2D eigenvalue weighted by Gasteiger charge is 2.11. The van der Waals surface area contributed by atoms with E-state index < -0.39 is 0 Å². The summed E-state index contributed by atoms with van der Waals surface area (Å²) in [6, 6.07) is 8.84. The van der Waals surface area contributed by atoms with Crippen LogP contribution in [-0.2, 0) is 11.3 Å². The number of nitrogens with one attached hydrogen (secondary N) is 2. The van der Waals surface area contributed by atoms with E-state index in [0.717, 1.165) is 5.39 Å². The summed E-state index contributed by atoms with van der Waals surface area (Å²) in [6.45, 7) is 0.0796. The molecule has 0 aliphatic carbocycles. The van der Waals surface area contributed by atoms with Gasteiger partial charge in [-0.05, 0) is 12.1 Å². The van der Waals surface area contributed by atoms with Crippen LogP contribution in [0.25, 0.3) is 10.9 Å². The molecule has 0 unspecified atom stereocenters. The van der Waals surface area contributed by atoms with Crippen LogP contribution in [-0.4, -0.2) is 33.6 Å². The van der Waals surface area contributed by atoms with Crippen LogP contribution in [0.3, 0.4) is 0 Å². The molecule has 0 aliphatic heterocycles. The molecule has 0 radical (unpaired) electrons. The Hall–Kier alpha value is -2.93. The number of aromatic nitrogens is 3. The van der Waals surface area contributed by atoms with Crippen LogP contribution >= 0.6 is 11.6 Å². The average Bonchev–Trinajstić information content (AvgIpc) is 3.01. The van der Waals surface area contributed by atoms with Crippen LogP contribution < -0.4 is 10.6 Å². The summed E-state index contributed by atoms with van der Waals surface area (Å²) in [4.78, 5) is 27.9. The normalized spacial score (nSPS) is 10.6. The van der Waals surface area contributed by atoms with Gasteiger partial charge in [0.05, 0.1) is 22.4 Å². The van der Waals surface area contributed by atoms with Crippen LogP contribution in [0.2, 0.25) is 5.02 Å². The number of hydrogen-bond donors (Lipinski definition) is 2. The van der Waals surface area contributed by atoms with Gasteiger partial charge in [0.2, 0.25) is 5.91 Å². The fourth-order valence-corrected chi connectivity index (χ4v) is 2.40. The summed E-state index contributed by atoms with van der Waals surface area (Å²) >= 11 is 6.11. The Labute approximate surface area is 142 Å². The van der Waals surface area contributed by atoms with Crippen molar-refractivity contribution in [1.82, 2.24) is 20.1 Å². The molecule has 1 aromatic carbocycles. The van der Waals surface area contributed by atoms with E-state index in [0.29, 0.717) is 16.2 Å². The summed E-state index contributed by atoms with van der Waals surface area (Å²) in [5.41, 5.74) is 1.29. The van der Waals surface area contributed by atoms with E-state index in [1.54, 1.807) is 31.4 Å². The molecule has 0 bridgehead atoms. The summed E-state index contributed by atoms with van der Waals surface area (Å²) in [7, 11) is 1.55. The number of amides is 2. The van der Waals surface area contributed by atoms with Crippen LogP contribution in [0.4, 0.5) is 5.69 Å². The van der Waals surface area contributed by atoms with E-state index in [2.05, 4.69) is 20.7 Å². The number of carbonyl (C=O) groups is 2. The van der Waals surface area contributed by atoms with Crippen molar-refractivity contribution in [3.63, 3.8) is 0 Å². The Balaban J connectivity index is 1.77. The minimum atomic E-state index is -0.378. The number of likely N-dealkylation sites (N-methyl/N-ethyl adjacent to an activating group) is 1. The average molecular weight is 344 g/mol. The monoisotopic (exact) mass is 343 g/mol. The molecular formula is C16H14ClN5O2. The maximum absolute atomic E-state index is 12.3. The number of fused-ring (bicyclic) bond motifs is 1. The molecule has 0 aliphatic rings. The molecule has 0 saturated heterocycles. The molecule has 0 spiro atoms. The Morgan fingerprint density at radius 2 is 2.08 bits per heavy atom. The fourth-order valence-electron chi connectivity index (χ4n) is 2.17. The summed E-state index contributed by atoms with van der Waals surface area (Å²) in [5, 5.41) is 10.6. The first kappa shape index (κ1) is 15.9. The topological polar surface area (TPSA) is 88.9 Å². The molecule has 122 valence electrons. The van der Waals surface area contributed by atoms with Gasteiger partial charge in [-0.2, -0.15) is 5.10 Å². The van der Waals surface area contributed by atoms with Gasteiger partial charge in [-0.15, -0.1) is 0 Å². The van der Waals surface area contributed by atoms with Crippen LogP contribution in [0.1, 0.15) is 10.5 Å². The van der Waals surface area contributed by atoms with E-state index in [-0.39, 0.29) is 24.1 Å². The van der Waals surface area contributed by atoms with Crippen LogP contribution in [0, 0.1) is 0 Å². The van der Waals surface area contributed by atoms with Gasteiger partial charge >= 0.3 is 0 Å². The lowest BCUT2D eigenvalue weighted by Crippen LogP contribution is -2.23. The third-order valence-corrected chi connectivity index (χ3v) is 3.68. The standard InChI is InChI=1S/C16H14ClN5O2/c1-18-14(23)9-22-8-11(7-19-22)20-16(24)13-6-5-10-3-2-4-12(17)15(10)21-13/h2-8H,9H2,1H3,(H,18,23)(H,20,24). The van der Waals surface area contributed by atoms with Crippen molar-refractivity contribution in [3.8, 4) is 0 Å². The second-order valence-corrected chi connectivity index (χ2v) is 5.47. The highest BCUT2D eigenvalue weighted by molar-refractivity contribution is 6.35. The number of carbonyl (C=O) groups excluding carboxylic acids is 2. The number of nitrogens with zero attached hydrogens (tertiary/aromatic N) is 3. The second kappa shape index (κ2) is 6.67. The zero-order valence-corrected chi connectivity index (χ0v) is 13.5. The Morgan fingerprint density at radius 3 is 2.88 bits per heavy atom. The summed E-state index contributed by atoms with van der Waals surface area (Å²) in [6.07, 6.45) is 3.04. The molecule has 2 aromatic heterocycles. The van der Waals surface area contributed by atoms with Gasteiger partial charge in [-0.3, -0.25) is 14.3 Å². The molecule has 2 amide bonds. The quantitative estimate of drug-likeness (QED) is 0.759. The van der Waals surface area contributed by atoms with E-state index >= 15 is 0 Å². The number of para-hydroxylation sites is 1. The van der Waals surface area contributed by atoms with Gasteiger partial charge in [-0.25, -0.2) is 4.98 Å². The highest BCUT2D eigenvalue weighted by Crippen LogP contribution is 2.21. The number of rotatable bonds is 4. The van der Waals surface area contributed by atoms with Crippen molar-refractivity contribution < 1.29 is 9.59 Å². The Morgan fingerprint density at radius 1 is 1.25 bits per heavy atom. The number of hydrogen-bond acceptors (Lipinski definition) is 4. The first-order chi connectivity index (χ1) is 11.6. The van der Waals surface area contributed by atoms with Crippen molar-refractivity contribution in [3.05, 3.63) is 53.4 Å². The molecule has 0 saturated carbocycles. The zero-order chi connectivity index (χ0) is 17.1. The minimum Gasteiger partial charge on any atom is -0.358 e. The number of benzene rings is 1. The van der Waals surface area contributed by atoms with E-state index in [1.807, 2.05) is 12.1 Å². The highest BCUT2D eigenvalue weighted by atomic mass is 35.5. The molecule has 24 heavy (non-hydrogen) atoms. The molecule has 3 rings (SSSR count). The van der Waals surface area contributed by atoms with Crippen molar-refractivity contribution >= 4 is 40.0 Å². The van der Waals surface area contributed by atoms with Crippen LogP contribution in [0.5, 0.6) is 0 Å². The number of anilines is 1. The maximum atomic E-state index is 12.3. The molecule has 8 heteroatoms. The maximum Gasteiger partial charge on any atom is 0.274 e. The molecule has 0 atom stereocenters. The molecule has 3 aromatic rings. The van der Waals surface area contributed by atoms with E-state index in [4.69, 9.17) is 11.6 Å². The molecule has 2 heterocycles. The summed E-state index contributed by atoms with van der Waals surface area (Å²) in [5.74, 6) is -0.557. The molecule has 7 nitrogen and oxygen atoms in total. The largest absolute Gasteiger partial charge is 0.358 e. The molecular weight excluding hydrogens is 330 g/mol. The third-order valence-electron chi connectivity index (χ3n) is 3.38. The van der Waals surface area contributed by atoms with Crippen molar-refractivity contribution in [2.45, 2.75) is 6.54 Å². The van der Waals surface area contributed by atoms with Gasteiger partial charge < -0.3 is 10.6 Å². The molecule has 2 N–H and O–H groups in total. The predicted octanol–water partition coefficient (Wildman–Crippen LogP) is 2.08. The number of pyridine rings is 1. The van der Waals surface area contributed by atoms with Crippen LogP contribution in [0.15, 0.2) is 42.7 Å². The third kappa shape index (κ3) is 3.36. The smallest absolute Gasteiger partial charge is 0.274 e. The number of halogens is 1. The Kier molecular flexibility index (Phi) is 4.43. The van der Waals surface area contributed by atoms with E-state index in [1.165, 1.54) is 10.9 Å². The lowest BCUT2D eigenvalue weighted by Gasteiger charge is -2.04. The first-order valence-electron chi connectivity index (χ1n) is 7.16. The Bertz CT molecular complexity index is 922. The lowest BCUT2D eigenvalue weighted by atomic mass is 10.2. The lowest BCUT2D eigenvalue weighted by molar-refractivity contribution is -0.121. The molecule has 0 fully saturated rings. The van der Waals surface area contributed by atoms with Gasteiger partial charge in [0.15, 0.2) is 0 Å². The van der Waals surface area contributed by atoms with E-state index in [9.17, 15) is 9.59 Å². The van der Waals surface area contributed by atoms with Crippen molar-refractivity contribution in [2.75, 3.05) is 12.4 Å².